The molecule has 1 nitrogen and oxygen atoms in total. The van der Waals surface area contributed by atoms with Crippen LogP contribution in [0.4, 0.5) is 0 Å². The van der Waals surface area contributed by atoms with Crippen LogP contribution in [0.1, 0.15) is 19.3 Å². The number of rotatable bonds is 6. The first-order valence-corrected chi connectivity index (χ1v) is 5.17. The number of hydrogen-bond donors (Lipinski definition) is 0. The second-order valence-electron chi connectivity index (χ2n) is 2.45. The van der Waals surface area contributed by atoms with Gasteiger partial charge >= 0.3 is 0 Å². The van der Waals surface area contributed by atoms with E-state index in [1.54, 1.807) is 6.08 Å². The molecule has 0 spiro atoms. The van der Waals surface area contributed by atoms with Crippen LogP contribution >= 0.6 is 23.2 Å². The van der Waals surface area contributed by atoms with Crippen LogP contribution in [0.2, 0.25) is 0 Å². The summed E-state index contributed by atoms with van der Waals surface area (Å²) in [5.74, 6) is 0. The maximum absolute atomic E-state index is 5.92. The molecule has 0 aromatic carbocycles. The maximum atomic E-state index is 5.92. The lowest BCUT2D eigenvalue weighted by Gasteiger charge is -2.16. The van der Waals surface area contributed by atoms with E-state index in [2.05, 4.69) is 6.58 Å². The highest BCUT2D eigenvalue weighted by Gasteiger charge is 2.20. The fourth-order valence-corrected chi connectivity index (χ4v) is 1.56. The molecule has 0 aliphatic rings. The van der Waals surface area contributed by atoms with Crippen molar-refractivity contribution in [2.24, 2.45) is 0 Å². The smallest absolute Gasteiger partial charge is 0.145 e. The zero-order valence-corrected chi connectivity index (χ0v) is 10.3. The first-order chi connectivity index (χ1) is 5.12. The van der Waals surface area contributed by atoms with Gasteiger partial charge in [-0.3, -0.25) is 0 Å². The van der Waals surface area contributed by atoms with Crippen LogP contribution in [0.3, 0.4) is 0 Å². The van der Waals surface area contributed by atoms with Crippen molar-refractivity contribution in [3.05, 3.63) is 12.7 Å². The molecule has 0 unspecified atom stereocenters. The molecule has 0 fully saturated rings. The van der Waals surface area contributed by atoms with Crippen LogP contribution in [0, 0.1) is 0 Å². The largest absolute Gasteiger partial charge is 0.428 e. The predicted octanol–water partition coefficient (Wildman–Crippen LogP) is 1.81. The average Bonchev–Trinajstić information content (AvgIpc) is 1.87. The molecule has 66 valence electrons. The summed E-state index contributed by atoms with van der Waals surface area (Å²) in [5.41, 5.74) is 0. The molecule has 0 heterocycles. The topological polar surface area (TPSA) is 9.23 Å². The zero-order valence-electron chi connectivity index (χ0n) is 6.78. The molecule has 0 aromatic rings. The van der Waals surface area contributed by atoms with Crippen molar-refractivity contribution in [1.29, 1.82) is 0 Å². The monoisotopic (exact) mass is 212 g/mol. The quantitative estimate of drug-likeness (QED) is 0.283. The first-order valence-electron chi connectivity index (χ1n) is 3.60. The number of hydrogen-bond acceptors (Lipinski definition) is 1. The summed E-state index contributed by atoms with van der Waals surface area (Å²) in [7, 11) is 0.786. The van der Waals surface area contributed by atoms with Gasteiger partial charge in [0, 0.05) is 6.61 Å². The van der Waals surface area contributed by atoms with Crippen LogP contribution in [-0.2, 0) is 4.43 Å². The van der Waals surface area contributed by atoms with Gasteiger partial charge in [-0.25, -0.2) is 0 Å². The normalized spacial score (nSPS) is 11.8. The van der Waals surface area contributed by atoms with Gasteiger partial charge in [0.1, 0.15) is 14.8 Å². The molecule has 0 saturated carbocycles. The van der Waals surface area contributed by atoms with Crippen LogP contribution in [0.5, 0.6) is 0 Å². The van der Waals surface area contributed by atoms with Gasteiger partial charge in [0.25, 0.3) is 0 Å². The second-order valence-corrected chi connectivity index (χ2v) is 4.66. The zero-order chi connectivity index (χ0) is 8.74. The Morgan fingerprint density at radius 3 is 2.64 bits per heavy atom. The minimum absolute atomic E-state index is 0.636. The molecule has 0 aliphatic heterocycles. The van der Waals surface area contributed by atoms with E-state index in [1.165, 1.54) is 0 Å². The number of alkyl halides is 2. The van der Waals surface area contributed by atoms with Crippen molar-refractivity contribution < 1.29 is 4.43 Å². The molecule has 11 heavy (non-hydrogen) atoms. The number of halogens is 2. The minimum Gasteiger partial charge on any atom is -0.428 e. The van der Waals surface area contributed by atoms with Crippen LogP contribution < -0.4 is 0 Å². The van der Waals surface area contributed by atoms with Gasteiger partial charge in [-0.1, -0.05) is 6.08 Å². The molecule has 4 heteroatoms. The van der Waals surface area contributed by atoms with Crippen molar-refractivity contribution in [2.75, 3.05) is 6.61 Å². The van der Waals surface area contributed by atoms with Crippen molar-refractivity contribution >= 4 is 33.7 Å². The van der Waals surface area contributed by atoms with Crippen molar-refractivity contribution in [1.82, 2.24) is 0 Å². The Bertz CT molecular complexity index is 117. The van der Waals surface area contributed by atoms with E-state index in [9.17, 15) is 0 Å². The lowest BCUT2D eigenvalue weighted by atomic mass is 10.2. The molecular weight excluding hydrogens is 199 g/mol. The summed E-state index contributed by atoms with van der Waals surface area (Å²) in [5, 5.41) is 0. The molecule has 0 radical (unpaired) electrons. The Morgan fingerprint density at radius 2 is 2.18 bits per heavy atom. The SMILES string of the molecule is C=CCC(Cl)(Cl)CCCO[SiH3]. The van der Waals surface area contributed by atoms with Gasteiger partial charge in [-0.15, -0.1) is 29.8 Å². The van der Waals surface area contributed by atoms with Crippen molar-refractivity contribution in [3.63, 3.8) is 0 Å². The average molecular weight is 213 g/mol. The van der Waals surface area contributed by atoms with E-state index in [4.69, 9.17) is 27.6 Å². The van der Waals surface area contributed by atoms with Crippen molar-refractivity contribution in [3.8, 4) is 0 Å². The third-order valence-corrected chi connectivity index (χ3v) is 2.43. The predicted molar refractivity (Wildman–Crippen MR) is 54.4 cm³/mol. The van der Waals surface area contributed by atoms with Crippen LogP contribution in [0.25, 0.3) is 0 Å². The summed E-state index contributed by atoms with van der Waals surface area (Å²) >= 11 is 11.8. The summed E-state index contributed by atoms with van der Waals surface area (Å²) in [6.45, 7) is 4.35. The Balaban J connectivity index is 3.45. The Morgan fingerprint density at radius 1 is 1.55 bits per heavy atom. The molecule has 0 bridgehead atoms. The molecule has 0 rings (SSSR count). The maximum Gasteiger partial charge on any atom is 0.145 e. The third kappa shape index (κ3) is 6.88. The van der Waals surface area contributed by atoms with E-state index >= 15 is 0 Å². The summed E-state index contributed by atoms with van der Waals surface area (Å²) in [6.07, 6.45) is 4.06. The lowest BCUT2D eigenvalue weighted by molar-refractivity contribution is 0.332. The van der Waals surface area contributed by atoms with Gasteiger partial charge in [0.15, 0.2) is 0 Å². The van der Waals surface area contributed by atoms with E-state index < -0.39 is 4.33 Å². The summed E-state index contributed by atoms with van der Waals surface area (Å²) in [6, 6.07) is 0. The number of allylic oxidation sites excluding steroid dienone is 1. The minimum atomic E-state index is -0.637. The van der Waals surface area contributed by atoms with Crippen LogP contribution in [0.15, 0.2) is 12.7 Å². The van der Waals surface area contributed by atoms with Gasteiger partial charge in [0.2, 0.25) is 0 Å². The van der Waals surface area contributed by atoms with E-state index in [0.717, 1.165) is 29.9 Å². The van der Waals surface area contributed by atoms with Crippen molar-refractivity contribution in [2.45, 2.75) is 23.6 Å². The molecule has 0 aromatic heterocycles. The fourth-order valence-electron chi connectivity index (χ4n) is 0.788. The highest BCUT2D eigenvalue weighted by atomic mass is 35.5. The molecule has 0 N–H and O–H groups in total. The Hall–Kier alpha value is 0.497. The molecule has 0 saturated heterocycles. The van der Waals surface area contributed by atoms with E-state index in [-0.39, 0.29) is 0 Å². The van der Waals surface area contributed by atoms with Gasteiger partial charge in [0.05, 0.1) is 0 Å². The van der Waals surface area contributed by atoms with E-state index in [0.29, 0.717) is 6.42 Å². The standard InChI is InChI=1S/C7H14Cl2OSi/c1-2-4-7(8,9)5-3-6-10-11/h2H,1,3-6H2,11H3. The van der Waals surface area contributed by atoms with Gasteiger partial charge in [-0.2, -0.15) is 0 Å². The van der Waals surface area contributed by atoms with Gasteiger partial charge < -0.3 is 4.43 Å². The molecular formula is C7H14Cl2OSi. The molecule has 0 amide bonds. The molecule has 0 aliphatic carbocycles. The lowest BCUT2D eigenvalue weighted by Crippen LogP contribution is -2.12. The fraction of sp³-hybridized carbons (Fsp3) is 0.714. The highest BCUT2D eigenvalue weighted by Crippen LogP contribution is 2.30. The Labute approximate surface area is 81.3 Å². The summed E-state index contributed by atoms with van der Waals surface area (Å²) in [4.78, 5) is 0. The van der Waals surface area contributed by atoms with Crippen LogP contribution in [-0.4, -0.2) is 21.4 Å². The van der Waals surface area contributed by atoms with E-state index in [1.807, 2.05) is 0 Å². The third-order valence-electron chi connectivity index (χ3n) is 1.33. The first kappa shape index (κ1) is 11.5. The second kappa shape index (κ2) is 6.06. The Kier molecular flexibility index (Phi) is 6.34. The highest BCUT2D eigenvalue weighted by molar-refractivity contribution is 6.48. The summed E-state index contributed by atoms with van der Waals surface area (Å²) < 4.78 is 4.37. The molecule has 0 atom stereocenters. The van der Waals surface area contributed by atoms with Gasteiger partial charge in [-0.05, 0) is 19.3 Å².